The van der Waals surface area contributed by atoms with E-state index in [-0.39, 0.29) is 24.4 Å². The average Bonchev–Trinajstić information content (AvgIpc) is 2.62. The largest absolute Gasteiger partial charge is 0.349 e. The topological polar surface area (TPSA) is 105 Å². The summed E-state index contributed by atoms with van der Waals surface area (Å²) in [5.74, 6) is -0.318. The third-order valence-electron chi connectivity index (χ3n) is 4.70. The zero-order valence-corrected chi connectivity index (χ0v) is 16.0. The van der Waals surface area contributed by atoms with Crippen LogP contribution in [0.2, 0.25) is 0 Å². The number of carbonyl (C=O) groups is 2. The quantitative estimate of drug-likeness (QED) is 0.666. The molecule has 1 fully saturated rings. The molecule has 7 nitrogen and oxygen atoms in total. The molecule has 27 heavy (non-hydrogen) atoms. The summed E-state index contributed by atoms with van der Waals surface area (Å²) in [6.45, 7) is 4.67. The molecule has 2 rings (SSSR count). The highest BCUT2D eigenvalue weighted by molar-refractivity contribution is 5.88. The number of amides is 3. The Hall–Kier alpha value is -2.41. The second-order valence-corrected chi connectivity index (χ2v) is 7.71. The lowest BCUT2D eigenvalue weighted by Gasteiger charge is -2.32. The van der Waals surface area contributed by atoms with E-state index in [4.69, 9.17) is 5.73 Å². The third kappa shape index (κ3) is 6.67. The fourth-order valence-electron chi connectivity index (χ4n) is 3.05. The summed E-state index contributed by atoms with van der Waals surface area (Å²) < 4.78 is 0. The summed E-state index contributed by atoms with van der Waals surface area (Å²) in [5, 5.41) is 5.69. The first-order chi connectivity index (χ1) is 12.8. The van der Waals surface area contributed by atoms with Crippen LogP contribution in [0.25, 0.3) is 0 Å². The van der Waals surface area contributed by atoms with Crippen molar-refractivity contribution in [1.82, 2.24) is 15.5 Å². The summed E-state index contributed by atoms with van der Waals surface area (Å²) in [5.41, 5.74) is 6.11. The Labute approximate surface area is 160 Å². The monoisotopic (exact) mass is 373 g/mol. The van der Waals surface area contributed by atoms with Crippen LogP contribution >= 0.6 is 0 Å². The number of nitrogens with one attached hydrogen (secondary N) is 2. The molecule has 147 valence electrons. The van der Waals surface area contributed by atoms with E-state index in [0.717, 1.165) is 18.4 Å². The van der Waals surface area contributed by atoms with Crippen molar-refractivity contribution in [2.24, 2.45) is 5.73 Å². The summed E-state index contributed by atoms with van der Waals surface area (Å²) in [4.78, 5) is 37.9. The second kappa shape index (κ2) is 9.50. The smallest absolute Gasteiger partial charge is 0.318 e. The Kier molecular flexibility index (Phi) is 7.36. The van der Waals surface area contributed by atoms with Gasteiger partial charge >= 0.3 is 6.03 Å². The van der Waals surface area contributed by atoms with Crippen molar-refractivity contribution < 1.29 is 14.4 Å². The number of carbonyl (C=O) groups excluding carboxylic acids is 3. The van der Waals surface area contributed by atoms with Gasteiger partial charge in [0.05, 0.1) is 0 Å². The molecule has 0 unspecified atom stereocenters. The number of piperidine rings is 1. The van der Waals surface area contributed by atoms with Gasteiger partial charge in [-0.1, -0.05) is 30.3 Å². The molecule has 1 aromatic rings. The van der Waals surface area contributed by atoms with Crippen molar-refractivity contribution in [1.29, 1.82) is 0 Å². The van der Waals surface area contributed by atoms with E-state index < -0.39 is 11.6 Å². The van der Waals surface area contributed by atoms with Crippen LogP contribution in [0.4, 0.5) is 4.79 Å². The van der Waals surface area contributed by atoms with E-state index in [0.29, 0.717) is 19.5 Å². The lowest BCUT2D eigenvalue weighted by molar-refractivity contribution is -0.124. The molecule has 1 atom stereocenters. The minimum Gasteiger partial charge on any atom is -0.349 e. The number of urea groups is 1. The SMILES string of the molecule is CC(C)(C[C]=O)NC(=O)[C@H](Cc1ccccc1)NC(=O)N1CCC(N)CC1. The molecule has 0 spiro atoms. The van der Waals surface area contributed by atoms with Crippen molar-refractivity contribution in [3.05, 3.63) is 35.9 Å². The highest BCUT2D eigenvalue weighted by Gasteiger charge is 2.29. The minimum atomic E-state index is -0.735. The van der Waals surface area contributed by atoms with Crippen LogP contribution in [0.15, 0.2) is 30.3 Å². The van der Waals surface area contributed by atoms with E-state index in [1.54, 1.807) is 18.7 Å². The molecule has 0 aromatic heterocycles. The standard InChI is InChI=1S/C20H29N4O3/c1-20(2,10-13-25)23-18(26)17(14-15-6-4-3-5-7-15)22-19(27)24-11-8-16(21)9-12-24/h3-7,16-17H,8-12,14,21H2,1-2H3,(H,22,27)(H,23,26)/t17-/m0/s1. The highest BCUT2D eigenvalue weighted by Crippen LogP contribution is 2.11. The lowest BCUT2D eigenvalue weighted by atomic mass is 9.99. The molecular formula is C20H29N4O3. The highest BCUT2D eigenvalue weighted by atomic mass is 16.2. The Morgan fingerprint density at radius 1 is 1.26 bits per heavy atom. The normalized spacial score (nSPS) is 16.5. The summed E-state index contributed by atoms with van der Waals surface area (Å²) in [6, 6.07) is 8.63. The maximum absolute atomic E-state index is 12.8. The Morgan fingerprint density at radius 3 is 2.48 bits per heavy atom. The van der Waals surface area contributed by atoms with Crippen LogP contribution in [0.3, 0.4) is 0 Å². The number of benzene rings is 1. The fourth-order valence-corrected chi connectivity index (χ4v) is 3.05. The van der Waals surface area contributed by atoms with Gasteiger partial charge in [0.25, 0.3) is 0 Å². The molecule has 1 heterocycles. The molecule has 1 aliphatic rings. The van der Waals surface area contributed by atoms with Gasteiger partial charge in [0.15, 0.2) is 0 Å². The van der Waals surface area contributed by atoms with Crippen LogP contribution in [-0.4, -0.2) is 53.8 Å². The molecule has 0 aliphatic carbocycles. The molecule has 1 aromatic carbocycles. The van der Waals surface area contributed by atoms with E-state index in [2.05, 4.69) is 10.6 Å². The van der Waals surface area contributed by atoms with Crippen LogP contribution in [-0.2, 0) is 16.0 Å². The maximum atomic E-state index is 12.8. The van der Waals surface area contributed by atoms with Crippen LogP contribution in [0.1, 0.15) is 38.7 Å². The van der Waals surface area contributed by atoms with Gasteiger partial charge < -0.3 is 21.3 Å². The molecule has 4 N–H and O–H groups in total. The van der Waals surface area contributed by atoms with Crippen LogP contribution < -0.4 is 16.4 Å². The maximum Gasteiger partial charge on any atom is 0.318 e. The molecule has 1 radical (unpaired) electrons. The van der Waals surface area contributed by atoms with E-state index >= 15 is 0 Å². The van der Waals surface area contributed by atoms with Gasteiger partial charge in [-0.3, -0.25) is 9.59 Å². The predicted molar refractivity (Wildman–Crippen MR) is 104 cm³/mol. The Morgan fingerprint density at radius 2 is 1.89 bits per heavy atom. The van der Waals surface area contributed by atoms with E-state index in [1.165, 1.54) is 0 Å². The van der Waals surface area contributed by atoms with Crippen molar-refractivity contribution in [3.8, 4) is 0 Å². The molecule has 1 aliphatic heterocycles. The van der Waals surface area contributed by atoms with Crippen LogP contribution in [0.5, 0.6) is 0 Å². The average molecular weight is 373 g/mol. The van der Waals surface area contributed by atoms with Gasteiger partial charge in [0, 0.05) is 37.5 Å². The van der Waals surface area contributed by atoms with Crippen molar-refractivity contribution in [2.75, 3.05) is 13.1 Å². The third-order valence-corrected chi connectivity index (χ3v) is 4.70. The van der Waals surface area contributed by atoms with Crippen LogP contribution in [0, 0.1) is 0 Å². The number of hydrogen-bond acceptors (Lipinski definition) is 4. The Balaban J connectivity index is 2.07. The number of hydrogen-bond donors (Lipinski definition) is 3. The van der Waals surface area contributed by atoms with E-state index in [1.807, 2.05) is 36.6 Å². The molecule has 3 amide bonds. The Bertz CT molecular complexity index is 640. The first kappa shape index (κ1) is 20.9. The van der Waals surface area contributed by atoms with Crippen molar-refractivity contribution in [3.63, 3.8) is 0 Å². The zero-order chi connectivity index (χ0) is 19.9. The lowest BCUT2D eigenvalue weighted by Crippen LogP contribution is -2.57. The number of nitrogens with two attached hydrogens (primary N) is 1. The van der Waals surface area contributed by atoms with Gasteiger partial charge in [-0.15, -0.1) is 0 Å². The minimum absolute atomic E-state index is 0.0781. The summed E-state index contributed by atoms with van der Waals surface area (Å²) >= 11 is 0. The van der Waals surface area contributed by atoms with Crippen molar-refractivity contribution in [2.45, 2.75) is 57.2 Å². The predicted octanol–water partition coefficient (Wildman–Crippen LogP) is 1.13. The molecular weight excluding hydrogens is 344 g/mol. The summed E-state index contributed by atoms with van der Waals surface area (Å²) in [6.07, 6.45) is 3.78. The van der Waals surface area contributed by atoms with Crippen molar-refractivity contribution >= 4 is 18.2 Å². The van der Waals surface area contributed by atoms with E-state index in [9.17, 15) is 14.4 Å². The van der Waals surface area contributed by atoms with Gasteiger partial charge in [-0.05, 0) is 32.3 Å². The second-order valence-electron chi connectivity index (χ2n) is 7.71. The summed E-state index contributed by atoms with van der Waals surface area (Å²) in [7, 11) is 0. The number of nitrogens with zero attached hydrogens (tertiary/aromatic N) is 1. The molecule has 1 saturated heterocycles. The number of likely N-dealkylation sites (tertiary alicyclic amines) is 1. The number of rotatable bonds is 7. The molecule has 0 saturated carbocycles. The zero-order valence-electron chi connectivity index (χ0n) is 16.0. The van der Waals surface area contributed by atoms with Gasteiger partial charge in [-0.2, -0.15) is 0 Å². The fraction of sp³-hybridized carbons (Fsp3) is 0.550. The molecule has 7 heteroatoms. The van der Waals surface area contributed by atoms with Gasteiger partial charge in [-0.25, -0.2) is 4.79 Å². The first-order valence-corrected chi connectivity index (χ1v) is 9.33. The van der Waals surface area contributed by atoms with Gasteiger partial charge in [0.2, 0.25) is 12.2 Å². The van der Waals surface area contributed by atoms with Gasteiger partial charge in [0.1, 0.15) is 6.04 Å². The first-order valence-electron chi connectivity index (χ1n) is 9.33. The molecule has 0 bridgehead atoms.